The van der Waals surface area contributed by atoms with Gasteiger partial charge in [-0.2, -0.15) is 5.10 Å². The number of carbonyl (C=O) groups is 1. The van der Waals surface area contributed by atoms with Crippen molar-refractivity contribution in [1.29, 1.82) is 0 Å². The second-order valence-corrected chi connectivity index (χ2v) is 6.30. The number of nitrogens with one attached hydrogen (secondary N) is 1. The Morgan fingerprint density at radius 3 is 3.04 bits per heavy atom. The summed E-state index contributed by atoms with van der Waals surface area (Å²) in [4.78, 5) is 26.2. The van der Waals surface area contributed by atoms with E-state index < -0.39 is 0 Å². The Morgan fingerprint density at radius 1 is 1.40 bits per heavy atom. The normalized spacial score (nSPS) is 18.2. The zero-order valence-corrected chi connectivity index (χ0v) is 14.4. The Labute approximate surface area is 145 Å². The third kappa shape index (κ3) is 4.54. The number of rotatable bonds is 6. The molecule has 1 amide bonds. The minimum atomic E-state index is -0.219. The summed E-state index contributed by atoms with van der Waals surface area (Å²) in [5.41, 5.74) is 0.214. The number of nitrogens with zero attached hydrogens (tertiary/aromatic N) is 4. The molecule has 3 rings (SSSR count). The average molecular weight is 345 g/mol. The number of amides is 1. The van der Waals surface area contributed by atoms with Crippen molar-refractivity contribution in [3.8, 4) is 0 Å². The van der Waals surface area contributed by atoms with Crippen LogP contribution in [0.15, 0.2) is 33.7 Å². The predicted octanol–water partition coefficient (Wildman–Crippen LogP) is 0.824. The molecule has 1 atom stereocenters. The molecule has 25 heavy (non-hydrogen) atoms. The summed E-state index contributed by atoms with van der Waals surface area (Å²) in [6, 6.07) is 5.04. The maximum Gasteiger partial charge on any atom is 0.273 e. The van der Waals surface area contributed by atoms with Crippen LogP contribution in [-0.4, -0.2) is 51.4 Å². The van der Waals surface area contributed by atoms with Crippen molar-refractivity contribution >= 4 is 5.91 Å². The first-order valence-electron chi connectivity index (χ1n) is 8.61. The minimum absolute atomic E-state index is 0.0919. The molecule has 134 valence electrons. The Balaban J connectivity index is 1.54. The summed E-state index contributed by atoms with van der Waals surface area (Å²) in [5, 5.41) is 10.8. The molecule has 1 saturated heterocycles. The van der Waals surface area contributed by atoms with E-state index >= 15 is 0 Å². The van der Waals surface area contributed by atoms with E-state index in [1.165, 1.54) is 10.7 Å². The van der Waals surface area contributed by atoms with Gasteiger partial charge in [0.1, 0.15) is 5.76 Å². The molecule has 8 heteroatoms. The van der Waals surface area contributed by atoms with Gasteiger partial charge in [-0.1, -0.05) is 11.6 Å². The highest BCUT2D eigenvalue weighted by Crippen LogP contribution is 2.16. The largest absolute Gasteiger partial charge is 0.361 e. The molecule has 1 aliphatic rings. The van der Waals surface area contributed by atoms with Crippen molar-refractivity contribution in [2.45, 2.75) is 38.8 Å². The number of carbonyl (C=O) groups excluding carboxylic acids is 1. The van der Waals surface area contributed by atoms with Gasteiger partial charge in [-0.25, -0.2) is 4.68 Å². The second-order valence-electron chi connectivity index (χ2n) is 6.30. The average Bonchev–Trinajstić information content (AvgIpc) is 3.06. The van der Waals surface area contributed by atoms with Gasteiger partial charge in [-0.3, -0.25) is 14.5 Å². The van der Waals surface area contributed by atoms with Crippen LogP contribution in [0.4, 0.5) is 0 Å². The van der Waals surface area contributed by atoms with Gasteiger partial charge in [0.15, 0.2) is 5.69 Å². The molecule has 0 radical (unpaired) electrons. The van der Waals surface area contributed by atoms with Crippen molar-refractivity contribution in [3.63, 3.8) is 0 Å². The number of aromatic nitrogens is 3. The molecule has 3 heterocycles. The first-order chi connectivity index (χ1) is 12.1. The fourth-order valence-corrected chi connectivity index (χ4v) is 3.14. The maximum atomic E-state index is 12.1. The number of piperidine rings is 1. The van der Waals surface area contributed by atoms with Crippen LogP contribution in [0.25, 0.3) is 0 Å². The highest BCUT2D eigenvalue weighted by atomic mass is 16.5. The lowest BCUT2D eigenvalue weighted by atomic mass is 10.0. The first kappa shape index (κ1) is 17.3. The molecule has 8 nitrogen and oxygen atoms in total. The molecular formula is C17H23N5O3. The number of hydrogen-bond acceptors (Lipinski definition) is 6. The Kier molecular flexibility index (Phi) is 5.60. The van der Waals surface area contributed by atoms with E-state index in [4.69, 9.17) is 4.52 Å². The van der Waals surface area contributed by atoms with E-state index in [9.17, 15) is 9.59 Å². The lowest BCUT2D eigenvalue weighted by molar-refractivity contribution is 0.0900. The molecule has 2 aromatic rings. The predicted molar refractivity (Wildman–Crippen MR) is 91.3 cm³/mol. The molecule has 1 unspecified atom stereocenters. The number of hydrogen-bond donors (Lipinski definition) is 1. The monoisotopic (exact) mass is 345 g/mol. The third-order valence-electron chi connectivity index (χ3n) is 4.49. The van der Waals surface area contributed by atoms with Crippen LogP contribution in [0.3, 0.4) is 0 Å². The van der Waals surface area contributed by atoms with Crippen LogP contribution in [0.5, 0.6) is 0 Å². The lowest BCUT2D eigenvalue weighted by Crippen LogP contribution is -2.48. The van der Waals surface area contributed by atoms with Gasteiger partial charge in [0.25, 0.3) is 11.5 Å². The van der Waals surface area contributed by atoms with E-state index in [0.29, 0.717) is 24.5 Å². The smallest absolute Gasteiger partial charge is 0.273 e. The van der Waals surface area contributed by atoms with E-state index in [1.54, 1.807) is 25.3 Å². The summed E-state index contributed by atoms with van der Waals surface area (Å²) in [6.45, 7) is 4.56. The highest BCUT2D eigenvalue weighted by molar-refractivity contribution is 5.92. The van der Waals surface area contributed by atoms with Gasteiger partial charge in [0, 0.05) is 37.5 Å². The van der Waals surface area contributed by atoms with Gasteiger partial charge < -0.3 is 9.84 Å². The van der Waals surface area contributed by atoms with Gasteiger partial charge in [-0.05, 0) is 32.4 Å². The first-order valence-corrected chi connectivity index (χ1v) is 8.61. The minimum Gasteiger partial charge on any atom is -0.361 e. The number of likely N-dealkylation sites (tertiary alicyclic amines) is 1. The molecule has 0 aromatic carbocycles. The summed E-state index contributed by atoms with van der Waals surface area (Å²) < 4.78 is 6.41. The zero-order valence-electron chi connectivity index (χ0n) is 14.4. The quantitative estimate of drug-likeness (QED) is 0.833. The molecule has 0 spiro atoms. The molecule has 1 aliphatic heterocycles. The Morgan fingerprint density at radius 2 is 2.28 bits per heavy atom. The zero-order chi connectivity index (χ0) is 17.6. The van der Waals surface area contributed by atoms with Crippen LogP contribution < -0.4 is 10.9 Å². The van der Waals surface area contributed by atoms with Crippen LogP contribution >= 0.6 is 0 Å². The summed E-state index contributed by atoms with van der Waals surface area (Å²) in [6.07, 6.45) is 4.91. The molecule has 0 bridgehead atoms. The van der Waals surface area contributed by atoms with Gasteiger partial charge in [-0.15, -0.1) is 0 Å². The molecule has 2 aromatic heterocycles. The third-order valence-corrected chi connectivity index (χ3v) is 4.49. The summed E-state index contributed by atoms with van der Waals surface area (Å²) in [5.74, 6) is 0.397. The van der Waals surface area contributed by atoms with Crippen molar-refractivity contribution < 1.29 is 9.32 Å². The van der Waals surface area contributed by atoms with Crippen molar-refractivity contribution in [2.75, 3.05) is 19.6 Å². The Bertz CT molecular complexity index is 769. The van der Waals surface area contributed by atoms with E-state index in [2.05, 4.69) is 20.5 Å². The topological polar surface area (TPSA) is 93.3 Å². The van der Waals surface area contributed by atoms with Crippen LogP contribution in [0.2, 0.25) is 0 Å². The van der Waals surface area contributed by atoms with E-state index in [1.807, 2.05) is 0 Å². The molecule has 1 fully saturated rings. The SMILES string of the molecule is Cc1cc(C(=O)NCC2CCCCN2CCn2ncccc2=O)no1. The Hall–Kier alpha value is -2.48. The van der Waals surface area contributed by atoms with Crippen molar-refractivity contribution in [2.24, 2.45) is 0 Å². The standard InChI is InChI=1S/C17H23N5O3/c1-13-11-15(20-25-13)17(24)18-12-14-5-2-3-8-21(14)9-10-22-16(23)6-4-7-19-22/h4,6-7,11,14H,2-3,5,8-10,12H2,1H3,(H,18,24). The van der Waals surface area contributed by atoms with Crippen LogP contribution in [0.1, 0.15) is 35.5 Å². The molecule has 1 N–H and O–H groups in total. The lowest BCUT2D eigenvalue weighted by Gasteiger charge is -2.35. The van der Waals surface area contributed by atoms with E-state index in [0.717, 1.165) is 32.4 Å². The second kappa shape index (κ2) is 8.06. The molecule has 0 saturated carbocycles. The van der Waals surface area contributed by atoms with Crippen molar-refractivity contribution in [1.82, 2.24) is 25.2 Å². The summed E-state index contributed by atoms with van der Waals surface area (Å²) >= 11 is 0. The number of aryl methyl sites for hydroxylation is 1. The van der Waals surface area contributed by atoms with Crippen LogP contribution in [0, 0.1) is 6.92 Å². The maximum absolute atomic E-state index is 12.1. The highest BCUT2D eigenvalue weighted by Gasteiger charge is 2.23. The van der Waals surface area contributed by atoms with Crippen LogP contribution in [-0.2, 0) is 6.54 Å². The van der Waals surface area contributed by atoms with Gasteiger partial charge in [0.2, 0.25) is 0 Å². The molecule has 0 aliphatic carbocycles. The summed E-state index contributed by atoms with van der Waals surface area (Å²) in [7, 11) is 0. The molecular weight excluding hydrogens is 322 g/mol. The fraction of sp³-hybridized carbons (Fsp3) is 0.529. The van der Waals surface area contributed by atoms with E-state index in [-0.39, 0.29) is 17.5 Å². The van der Waals surface area contributed by atoms with Crippen molar-refractivity contribution in [3.05, 3.63) is 46.2 Å². The fourth-order valence-electron chi connectivity index (χ4n) is 3.14. The van der Waals surface area contributed by atoms with Gasteiger partial charge in [0.05, 0.1) is 6.54 Å². The van der Waals surface area contributed by atoms with Gasteiger partial charge >= 0.3 is 0 Å².